The minimum absolute atomic E-state index is 0. The fraction of sp³-hybridized carbons (Fsp3) is 0.750. The van der Waals surface area contributed by atoms with E-state index in [1.165, 1.54) is 32.4 Å². The van der Waals surface area contributed by atoms with Gasteiger partial charge in [-0.25, -0.2) is 0 Å². The first-order valence-electron chi connectivity index (χ1n) is 8.42. The van der Waals surface area contributed by atoms with Gasteiger partial charge < -0.3 is 15.5 Å². The third-order valence-electron chi connectivity index (χ3n) is 4.07. The molecule has 0 aromatic carbocycles. The van der Waals surface area contributed by atoms with Gasteiger partial charge in [-0.15, -0.1) is 24.0 Å². The molecule has 0 amide bonds. The number of rotatable bonds is 7. The molecule has 1 fully saturated rings. The zero-order chi connectivity index (χ0) is 15.6. The van der Waals surface area contributed by atoms with E-state index in [4.69, 9.17) is 0 Å². The second kappa shape index (κ2) is 11.7. The predicted octanol–water partition coefficient (Wildman–Crippen LogP) is 1.79. The Balaban J connectivity index is 0.00000264. The standard InChI is InChI=1S/C16H30N6.HI/c1-15(14-22-11-6-7-20-22)13-19-16(17-2)18-8-12-21-9-4-3-5-10-21;/h6-7,11,15H,3-5,8-10,12-14H2,1-2H3,(H2,17,18,19);1H. The van der Waals surface area contributed by atoms with Crippen LogP contribution in [0.2, 0.25) is 0 Å². The molecule has 1 aromatic heterocycles. The van der Waals surface area contributed by atoms with Gasteiger partial charge in [-0.1, -0.05) is 13.3 Å². The molecule has 2 N–H and O–H groups in total. The topological polar surface area (TPSA) is 57.5 Å². The van der Waals surface area contributed by atoms with Crippen LogP contribution in [0.4, 0.5) is 0 Å². The summed E-state index contributed by atoms with van der Waals surface area (Å²) < 4.78 is 1.97. The summed E-state index contributed by atoms with van der Waals surface area (Å²) in [4.78, 5) is 6.83. The molecule has 0 aliphatic carbocycles. The molecule has 1 aliphatic heterocycles. The van der Waals surface area contributed by atoms with Crippen LogP contribution in [-0.2, 0) is 6.54 Å². The first-order valence-corrected chi connectivity index (χ1v) is 8.42. The molecule has 6 nitrogen and oxygen atoms in total. The van der Waals surface area contributed by atoms with Gasteiger partial charge in [-0.2, -0.15) is 5.10 Å². The highest BCUT2D eigenvalue weighted by Gasteiger charge is 2.10. The lowest BCUT2D eigenvalue weighted by Gasteiger charge is -2.26. The molecule has 132 valence electrons. The van der Waals surface area contributed by atoms with Crippen LogP contribution in [0.5, 0.6) is 0 Å². The Kier molecular flexibility index (Phi) is 10.3. The summed E-state index contributed by atoms with van der Waals surface area (Å²) in [6, 6.07) is 1.96. The summed E-state index contributed by atoms with van der Waals surface area (Å²) in [5.41, 5.74) is 0. The maximum Gasteiger partial charge on any atom is 0.191 e. The van der Waals surface area contributed by atoms with Gasteiger partial charge in [0.25, 0.3) is 0 Å². The quantitative estimate of drug-likeness (QED) is 0.391. The van der Waals surface area contributed by atoms with E-state index >= 15 is 0 Å². The number of nitrogens with one attached hydrogen (secondary N) is 2. The number of halogens is 1. The molecule has 0 saturated carbocycles. The summed E-state index contributed by atoms with van der Waals surface area (Å²) in [6.45, 7) is 8.57. The Bertz CT molecular complexity index is 428. The van der Waals surface area contributed by atoms with Crippen LogP contribution in [0.3, 0.4) is 0 Å². The SMILES string of the molecule is CN=C(NCCN1CCCCC1)NCC(C)Cn1cccn1.I. The molecule has 7 heteroatoms. The van der Waals surface area contributed by atoms with Gasteiger partial charge in [0.2, 0.25) is 0 Å². The number of guanidine groups is 1. The maximum atomic E-state index is 4.29. The van der Waals surface area contributed by atoms with Crippen molar-refractivity contribution in [3.8, 4) is 0 Å². The van der Waals surface area contributed by atoms with Gasteiger partial charge in [0.1, 0.15) is 0 Å². The van der Waals surface area contributed by atoms with E-state index in [0.717, 1.165) is 32.1 Å². The first kappa shape index (κ1) is 20.2. The molecular formula is C16H31IN6. The van der Waals surface area contributed by atoms with Gasteiger partial charge >= 0.3 is 0 Å². The first-order chi connectivity index (χ1) is 10.8. The van der Waals surface area contributed by atoms with Crippen molar-refractivity contribution in [2.75, 3.05) is 39.8 Å². The summed E-state index contributed by atoms with van der Waals surface area (Å²) >= 11 is 0. The normalized spacial score (nSPS) is 17.4. The molecule has 1 unspecified atom stereocenters. The number of hydrogen-bond acceptors (Lipinski definition) is 3. The molecule has 0 spiro atoms. The van der Waals surface area contributed by atoms with Crippen LogP contribution in [-0.4, -0.2) is 60.4 Å². The summed E-state index contributed by atoms with van der Waals surface area (Å²) in [5.74, 6) is 1.39. The Hall–Kier alpha value is -0.830. The average molecular weight is 434 g/mol. The molecule has 1 aliphatic rings. The number of likely N-dealkylation sites (tertiary alicyclic amines) is 1. The lowest BCUT2D eigenvalue weighted by Crippen LogP contribution is -2.44. The number of piperidine rings is 1. The van der Waals surface area contributed by atoms with Crippen LogP contribution < -0.4 is 10.6 Å². The maximum absolute atomic E-state index is 4.29. The third kappa shape index (κ3) is 8.01. The highest BCUT2D eigenvalue weighted by atomic mass is 127. The molecule has 1 aromatic rings. The Morgan fingerprint density at radius 3 is 2.70 bits per heavy atom. The van der Waals surface area contributed by atoms with Gasteiger partial charge in [0.05, 0.1) is 0 Å². The molecule has 2 heterocycles. The van der Waals surface area contributed by atoms with Crippen LogP contribution >= 0.6 is 24.0 Å². The number of aliphatic imine (C=N–C) groups is 1. The minimum Gasteiger partial charge on any atom is -0.356 e. The monoisotopic (exact) mass is 434 g/mol. The van der Waals surface area contributed by atoms with Crippen LogP contribution in [0.1, 0.15) is 26.2 Å². The highest BCUT2D eigenvalue weighted by molar-refractivity contribution is 14.0. The van der Waals surface area contributed by atoms with Crippen molar-refractivity contribution in [2.24, 2.45) is 10.9 Å². The number of hydrogen-bond donors (Lipinski definition) is 2. The Labute approximate surface area is 157 Å². The Morgan fingerprint density at radius 2 is 2.04 bits per heavy atom. The van der Waals surface area contributed by atoms with Gasteiger partial charge in [-0.3, -0.25) is 9.67 Å². The fourth-order valence-corrected chi connectivity index (χ4v) is 2.80. The Morgan fingerprint density at radius 1 is 1.26 bits per heavy atom. The molecule has 1 saturated heterocycles. The predicted molar refractivity (Wildman–Crippen MR) is 106 cm³/mol. The highest BCUT2D eigenvalue weighted by Crippen LogP contribution is 2.07. The van der Waals surface area contributed by atoms with Crippen molar-refractivity contribution < 1.29 is 0 Å². The van der Waals surface area contributed by atoms with E-state index in [1.54, 1.807) is 0 Å². The smallest absolute Gasteiger partial charge is 0.191 e. The summed E-state index contributed by atoms with van der Waals surface area (Å²) in [6.07, 6.45) is 7.90. The molecule has 1 atom stereocenters. The number of aromatic nitrogens is 2. The van der Waals surface area contributed by atoms with Crippen molar-refractivity contribution in [2.45, 2.75) is 32.7 Å². The van der Waals surface area contributed by atoms with Crippen LogP contribution in [0.15, 0.2) is 23.5 Å². The zero-order valence-corrected chi connectivity index (χ0v) is 16.7. The average Bonchev–Trinajstić information content (AvgIpc) is 3.04. The van der Waals surface area contributed by atoms with Crippen LogP contribution in [0, 0.1) is 5.92 Å². The molecule has 2 rings (SSSR count). The van der Waals surface area contributed by atoms with E-state index < -0.39 is 0 Å². The second-order valence-electron chi connectivity index (χ2n) is 6.12. The van der Waals surface area contributed by atoms with E-state index in [9.17, 15) is 0 Å². The van der Waals surface area contributed by atoms with Crippen molar-refractivity contribution in [3.05, 3.63) is 18.5 Å². The van der Waals surface area contributed by atoms with Gasteiger partial charge in [-0.05, 0) is 37.9 Å². The van der Waals surface area contributed by atoms with Crippen molar-refractivity contribution in [1.82, 2.24) is 25.3 Å². The molecule has 23 heavy (non-hydrogen) atoms. The largest absolute Gasteiger partial charge is 0.356 e. The van der Waals surface area contributed by atoms with Gasteiger partial charge in [0, 0.05) is 45.6 Å². The van der Waals surface area contributed by atoms with Crippen LogP contribution in [0.25, 0.3) is 0 Å². The second-order valence-corrected chi connectivity index (χ2v) is 6.12. The lowest BCUT2D eigenvalue weighted by atomic mass is 10.1. The third-order valence-corrected chi connectivity index (χ3v) is 4.07. The minimum atomic E-state index is 0. The van der Waals surface area contributed by atoms with E-state index in [-0.39, 0.29) is 24.0 Å². The van der Waals surface area contributed by atoms with E-state index in [1.807, 2.05) is 30.2 Å². The van der Waals surface area contributed by atoms with Crippen molar-refractivity contribution in [1.29, 1.82) is 0 Å². The zero-order valence-electron chi connectivity index (χ0n) is 14.4. The van der Waals surface area contributed by atoms with E-state index in [2.05, 4.69) is 32.5 Å². The molecule has 0 bridgehead atoms. The number of nitrogens with zero attached hydrogens (tertiary/aromatic N) is 4. The molecular weight excluding hydrogens is 403 g/mol. The lowest BCUT2D eigenvalue weighted by molar-refractivity contribution is 0.232. The summed E-state index contributed by atoms with van der Waals surface area (Å²) in [7, 11) is 1.83. The van der Waals surface area contributed by atoms with Crippen molar-refractivity contribution in [3.63, 3.8) is 0 Å². The summed E-state index contributed by atoms with van der Waals surface area (Å²) in [5, 5.41) is 11.0. The van der Waals surface area contributed by atoms with Gasteiger partial charge in [0.15, 0.2) is 5.96 Å². The molecule has 0 radical (unpaired) electrons. The van der Waals surface area contributed by atoms with E-state index in [0.29, 0.717) is 5.92 Å². The fourth-order valence-electron chi connectivity index (χ4n) is 2.80. The van der Waals surface area contributed by atoms with Crippen molar-refractivity contribution >= 4 is 29.9 Å².